The molecular weight excluding hydrogens is 338 g/mol. The van der Waals surface area contributed by atoms with Crippen LogP contribution < -0.4 is 5.32 Å². The number of methoxy groups -OCH3 is 1. The number of nitrogens with one attached hydrogen (secondary N) is 1. The molecule has 0 aliphatic carbocycles. The summed E-state index contributed by atoms with van der Waals surface area (Å²) in [5.41, 5.74) is 2.64. The van der Waals surface area contributed by atoms with Gasteiger partial charge in [-0.25, -0.2) is 0 Å². The van der Waals surface area contributed by atoms with E-state index in [2.05, 4.69) is 62.2 Å². The van der Waals surface area contributed by atoms with Gasteiger partial charge in [-0.05, 0) is 25.8 Å². The van der Waals surface area contributed by atoms with Crippen molar-refractivity contribution in [3.05, 3.63) is 35.4 Å². The number of nitrogens with zero attached hydrogens (tertiary/aromatic N) is 2. The van der Waals surface area contributed by atoms with E-state index in [-0.39, 0.29) is 5.41 Å². The predicted octanol–water partition coefficient (Wildman–Crippen LogP) is 3.22. The number of ether oxygens (including phenoxy) is 2. The molecule has 1 heterocycles. The summed E-state index contributed by atoms with van der Waals surface area (Å²) >= 11 is 0. The molecule has 1 fully saturated rings. The zero-order valence-electron chi connectivity index (χ0n) is 17.8. The quantitative estimate of drug-likeness (QED) is 0.409. The topological polar surface area (TPSA) is 46.1 Å². The number of benzene rings is 1. The monoisotopic (exact) mass is 375 g/mol. The first-order valence-electron chi connectivity index (χ1n) is 10.1. The lowest BCUT2D eigenvalue weighted by Crippen LogP contribution is -2.41. The van der Waals surface area contributed by atoms with Crippen LogP contribution in [-0.4, -0.2) is 64.0 Å². The van der Waals surface area contributed by atoms with Crippen molar-refractivity contribution in [2.24, 2.45) is 10.9 Å². The van der Waals surface area contributed by atoms with Crippen LogP contribution in [0, 0.1) is 12.8 Å². The fourth-order valence-electron chi connectivity index (χ4n) is 3.35. The second kappa shape index (κ2) is 10.7. The van der Waals surface area contributed by atoms with E-state index in [0.717, 1.165) is 45.2 Å². The van der Waals surface area contributed by atoms with Crippen molar-refractivity contribution in [1.29, 1.82) is 0 Å². The molecule has 0 spiro atoms. The SMILES string of the molecule is CCNC(=NCC(C)(C)c1ccc(C)cc1)N1CCC(COCCOC)C1. The Morgan fingerprint density at radius 2 is 2.00 bits per heavy atom. The van der Waals surface area contributed by atoms with Gasteiger partial charge in [0.25, 0.3) is 0 Å². The average molecular weight is 376 g/mol. The van der Waals surface area contributed by atoms with Gasteiger partial charge in [0.2, 0.25) is 0 Å². The second-order valence-electron chi connectivity index (χ2n) is 8.09. The number of aliphatic imine (C=N–C) groups is 1. The zero-order valence-corrected chi connectivity index (χ0v) is 17.8. The Hall–Kier alpha value is -1.59. The van der Waals surface area contributed by atoms with Crippen molar-refractivity contribution in [3.63, 3.8) is 0 Å². The average Bonchev–Trinajstić information content (AvgIpc) is 3.11. The number of hydrogen-bond acceptors (Lipinski definition) is 3. The molecule has 1 aliphatic heterocycles. The normalized spacial score (nSPS) is 18.2. The highest BCUT2D eigenvalue weighted by Crippen LogP contribution is 2.24. The van der Waals surface area contributed by atoms with Crippen molar-refractivity contribution in [3.8, 4) is 0 Å². The molecule has 5 nitrogen and oxygen atoms in total. The Kier molecular flexibility index (Phi) is 8.58. The van der Waals surface area contributed by atoms with Crippen molar-refractivity contribution >= 4 is 5.96 Å². The molecule has 0 aromatic heterocycles. The lowest BCUT2D eigenvalue weighted by Gasteiger charge is -2.26. The molecule has 0 amide bonds. The maximum Gasteiger partial charge on any atom is 0.193 e. The van der Waals surface area contributed by atoms with Crippen molar-refractivity contribution in [2.75, 3.05) is 53.1 Å². The second-order valence-corrected chi connectivity index (χ2v) is 8.09. The minimum absolute atomic E-state index is 0.0107. The largest absolute Gasteiger partial charge is 0.382 e. The van der Waals surface area contributed by atoms with Crippen molar-refractivity contribution in [2.45, 2.75) is 39.5 Å². The molecule has 1 aliphatic rings. The van der Waals surface area contributed by atoms with Gasteiger partial charge >= 0.3 is 0 Å². The highest BCUT2D eigenvalue weighted by atomic mass is 16.5. The minimum Gasteiger partial charge on any atom is -0.382 e. The summed E-state index contributed by atoms with van der Waals surface area (Å²) in [7, 11) is 1.71. The molecule has 0 saturated carbocycles. The van der Waals surface area contributed by atoms with E-state index >= 15 is 0 Å². The molecule has 1 saturated heterocycles. The number of rotatable bonds is 9. The van der Waals surface area contributed by atoms with Crippen LogP contribution in [0.4, 0.5) is 0 Å². The molecule has 2 rings (SSSR count). The fourth-order valence-corrected chi connectivity index (χ4v) is 3.35. The summed E-state index contributed by atoms with van der Waals surface area (Å²) < 4.78 is 10.8. The molecule has 1 aromatic carbocycles. The third-order valence-electron chi connectivity index (χ3n) is 5.16. The Morgan fingerprint density at radius 3 is 2.67 bits per heavy atom. The zero-order chi connectivity index (χ0) is 19.7. The highest BCUT2D eigenvalue weighted by molar-refractivity contribution is 5.80. The molecule has 1 N–H and O–H groups in total. The predicted molar refractivity (Wildman–Crippen MR) is 113 cm³/mol. The van der Waals surface area contributed by atoms with Crippen LogP contribution in [0.1, 0.15) is 38.3 Å². The van der Waals surface area contributed by atoms with Crippen LogP contribution in [0.15, 0.2) is 29.3 Å². The van der Waals surface area contributed by atoms with E-state index < -0.39 is 0 Å². The Morgan fingerprint density at radius 1 is 1.26 bits per heavy atom. The summed E-state index contributed by atoms with van der Waals surface area (Å²) in [5, 5.41) is 3.47. The molecule has 1 unspecified atom stereocenters. The maximum absolute atomic E-state index is 5.72. The van der Waals surface area contributed by atoms with Gasteiger partial charge in [0.15, 0.2) is 5.96 Å². The number of aryl methyl sites for hydroxylation is 1. The molecule has 5 heteroatoms. The number of guanidine groups is 1. The van der Waals surface area contributed by atoms with Crippen LogP contribution in [-0.2, 0) is 14.9 Å². The third kappa shape index (κ3) is 6.82. The van der Waals surface area contributed by atoms with Crippen LogP contribution in [0.5, 0.6) is 0 Å². The van der Waals surface area contributed by atoms with Gasteiger partial charge in [0.05, 0.1) is 26.4 Å². The van der Waals surface area contributed by atoms with Gasteiger partial charge in [-0.2, -0.15) is 0 Å². The van der Waals surface area contributed by atoms with Crippen LogP contribution in [0.3, 0.4) is 0 Å². The lowest BCUT2D eigenvalue weighted by atomic mass is 9.84. The lowest BCUT2D eigenvalue weighted by molar-refractivity contribution is 0.0536. The van der Waals surface area contributed by atoms with E-state index in [1.807, 2.05) is 0 Å². The minimum atomic E-state index is 0.0107. The van der Waals surface area contributed by atoms with Crippen molar-refractivity contribution in [1.82, 2.24) is 10.2 Å². The van der Waals surface area contributed by atoms with Gasteiger partial charge in [-0.1, -0.05) is 43.7 Å². The van der Waals surface area contributed by atoms with E-state index in [9.17, 15) is 0 Å². The van der Waals surface area contributed by atoms with Crippen LogP contribution in [0.2, 0.25) is 0 Å². The Balaban J connectivity index is 1.94. The first-order chi connectivity index (χ1) is 13.0. The molecule has 1 atom stereocenters. The van der Waals surface area contributed by atoms with E-state index in [4.69, 9.17) is 14.5 Å². The third-order valence-corrected chi connectivity index (χ3v) is 5.16. The Labute approximate surface area is 165 Å². The molecule has 0 radical (unpaired) electrons. The number of hydrogen-bond donors (Lipinski definition) is 1. The van der Waals surface area contributed by atoms with Gasteiger partial charge in [-0.3, -0.25) is 4.99 Å². The Bertz CT molecular complexity index is 584. The molecule has 27 heavy (non-hydrogen) atoms. The van der Waals surface area contributed by atoms with Crippen LogP contribution >= 0.6 is 0 Å². The first-order valence-corrected chi connectivity index (χ1v) is 10.1. The summed E-state index contributed by atoms with van der Waals surface area (Å²) in [6.45, 7) is 14.6. The molecule has 152 valence electrons. The summed E-state index contributed by atoms with van der Waals surface area (Å²) in [4.78, 5) is 7.35. The van der Waals surface area contributed by atoms with E-state index in [1.54, 1.807) is 7.11 Å². The summed E-state index contributed by atoms with van der Waals surface area (Å²) in [5.74, 6) is 1.59. The first kappa shape index (κ1) is 21.7. The van der Waals surface area contributed by atoms with Gasteiger partial charge in [-0.15, -0.1) is 0 Å². The van der Waals surface area contributed by atoms with Gasteiger partial charge < -0.3 is 19.7 Å². The summed E-state index contributed by atoms with van der Waals surface area (Å²) in [6, 6.07) is 8.81. The molecular formula is C22H37N3O2. The van der Waals surface area contributed by atoms with Crippen LogP contribution in [0.25, 0.3) is 0 Å². The molecule has 1 aromatic rings. The number of likely N-dealkylation sites (tertiary alicyclic amines) is 1. The summed E-state index contributed by atoms with van der Waals surface area (Å²) in [6.07, 6.45) is 1.15. The van der Waals surface area contributed by atoms with Gasteiger partial charge in [0, 0.05) is 38.1 Å². The standard InChI is InChI=1S/C22H37N3O2/c1-6-23-21(25-12-11-19(15-25)16-27-14-13-26-5)24-17-22(3,4)20-9-7-18(2)8-10-20/h7-10,19H,6,11-17H2,1-5H3,(H,23,24). The highest BCUT2D eigenvalue weighted by Gasteiger charge is 2.26. The maximum atomic E-state index is 5.72. The van der Waals surface area contributed by atoms with Crippen molar-refractivity contribution < 1.29 is 9.47 Å². The fraction of sp³-hybridized carbons (Fsp3) is 0.682. The van der Waals surface area contributed by atoms with E-state index in [0.29, 0.717) is 19.1 Å². The van der Waals surface area contributed by atoms with Gasteiger partial charge in [0.1, 0.15) is 0 Å². The molecule has 0 bridgehead atoms. The van der Waals surface area contributed by atoms with E-state index in [1.165, 1.54) is 11.1 Å². The smallest absolute Gasteiger partial charge is 0.193 e.